The Morgan fingerprint density at radius 3 is 2.41 bits per heavy atom. The molecule has 88 valence electrons. The zero-order chi connectivity index (χ0) is 12.1. The van der Waals surface area contributed by atoms with Crippen LogP contribution < -0.4 is 4.74 Å². The number of hydrogen-bond acceptors (Lipinski definition) is 2. The van der Waals surface area contributed by atoms with Gasteiger partial charge in [0, 0.05) is 0 Å². The van der Waals surface area contributed by atoms with Crippen LogP contribution in [0.15, 0.2) is 54.6 Å². The number of para-hydroxylation sites is 1. The van der Waals surface area contributed by atoms with Crippen molar-refractivity contribution in [3.8, 4) is 11.5 Å². The van der Waals surface area contributed by atoms with Gasteiger partial charge in [-0.25, -0.2) is 0 Å². The first kappa shape index (κ1) is 12.0. The Hall–Kier alpha value is -1.51. The van der Waals surface area contributed by atoms with E-state index in [2.05, 4.69) is 0 Å². The van der Waals surface area contributed by atoms with Crippen LogP contribution >= 0.6 is 11.6 Å². The summed E-state index contributed by atoms with van der Waals surface area (Å²) in [6, 6.07) is 16.8. The van der Waals surface area contributed by atoms with Crippen molar-refractivity contribution < 1.29 is 9.84 Å². The van der Waals surface area contributed by atoms with Gasteiger partial charge in [-0.2, -0.15) is 0 Å². The van der Waals surface area contributed by atoms with Crippen LogP contribution in [-0.2, 0) is 0 Å². The first-order valence-corrected chi connectivity index (χ1v) is 5.90. The zero-order valence-corrected chi connectivity index (χ0v) is 9.97. The summed E-state index contributed by atoms with van der Waals surface area (Å²) in [5, 5.41) is 9.63. The molecule has 0 aliphatic heterocycles. The lowest BCUT2D eigenvalue weighted by atomic mass is 10.1. The molecular formula is C14H13ClO2. The van der Waals surface area contributed by atoms with Crippen LogP contribution in [0.2, 0.25) is 0 Å². The summed E-state index contributed by atoms with van der Waals surface area (Å²) < 4.78 is 5.66. The molecule has 0 saturated carbocycles. The zero-order valence-electron chi connectivity index (χ0n) is 9.21. The third-order valence-electron chi connectivity index (χ3n) is 2.37. The number of aliphatic hydroxyl groups is 1. The van der Waals surface area contributed by atoms with Crippen LogP contribution in [0.3, 0.4) is 0 Å². The molecule has 0 saturated heterocycles. The van der Waals surface area contributed by atoms with Gasteiger partial charge in [0.25, 0.3) is 0 Å². The van der Waals surface area contributed by atoms with E-state index in [-0.39, 0.29) is 5.88 Å². The number of aliphatic hydroxyl groups excluding tert-OH is 1. The Balaban J connectivity index is 2.17. The van der Waals surface area contributed by atoms with Crippen LogP contribution in [-0.4, -0.2) is 11.0 Å². The van der Waals surface area contributed by atoms with Crippen molar-refractivity contribution in [2.24, 2.45) is 0 Å². The molecule has 2 rings (SSSR count). The molecule has 0 fully saturated rings. The summed E-state index contributed by atoms with van der Waals surface area (Å²) >= 11 is 5.61. The lowest BCUT2D eigenvalue weighted by Crippen LogP contribution is -1.98. The van der Waals surface area contributed by atoms with E-state index in [9.17, 15) is 5.11 Å². The van der Waals surface area contributed by atoms with E-state index >= 15 is 0 Å². The molecule has 0 aromatic heterocycles. The summed E-state index contributed by atoms with van der Waals surface area (Å²) in [6.45, 7) is 0. The second-order valence-corrected chi connectivity index (χ2v) is 3.97. The fourth-order valence-electron chi connectivity index (χ4n) is 1.50. The smallest absolute Gasteiger partial charge is 0.127 e. The highest BCUT2D eigenvalue weighted by atomic mass is 35.5. The van der Waals surface area contributed by atoms with Crippen LogP contribution in [0.4, 0.5) is 0 Å². The average molecular weight is 249 g/mol. The van der Waals surface area contributed by atoms with E-state index in [1.807, 2.05) is 48.5 Å². The summed E-state index contributed by atoms with van der Waals surface area (Å²) in [5.41, 5.74) is 0.758. The highest BCUT2D eigenvalue weighted by molar-refractivity contribution is 6.18. The minimum Gasteiger partial charge on any atom is -0.457 e. The summed E-state index contributed by atoms with van der Waals surface area (Å²) in [6.07, 6.45) is -0.656. The highest BCUT2D eigenvalue weighted by Crippen LogP contribution is 2.24. The second-order valence-electron chi connectivity index (χ2n) is 3.66. The van der Waals surface area contributed by atoms with Gasteiger partial charge in [-0.15, -0.1) is 11.6 Å². The van der Waals surface area contributed by atoms with Crippen molar-refractivity contribution in [1.82, 2.24) is 0 Å². The van der Waals surface area contributed by atoms with Crippen LogP contribution in [0.1, 0.15) is 11.7 Å². The molecule has 0 aliphatic rings. The highest BCUT2D eigenvalue weighted by Gasteiger charge is 2.06. The largest absolute Gasteiger partial charge is 0.457 e. The lowest BCUT2D eigenvalue weighted by molar-refractivity contribution is 0.202. The van der Waals surface area contributed by atoms with E-state index in [1.54, 1.807) is 6.07 Å². The predicted molar refractivity (Wildman–Crippen MR) is 68.6 cm³/mol. The van der Waals surface area contributed by atoms with Gasteiger partial charge in [-0.1, -0.05) is 30.3 Å². The molecule has 0 spiro atoms. The van der Waals surface area contributed by atoms with E-state index in [4.69, 9.17) is 16.3 Å². The molecule has 0 bridgehead atoms. The topological polar surface area (TPSA) is 29.5 Å². The standard InChI is InChI=1S/C14H13ClO2/c15-10-14(16)11-5-4-8-13(9-11)17-12-6-2-1-3-7-12/h1-9,14,16H,10H2/t14-/m0/s1. The molecule has 2 nitrogen and oxygen atoms in total. The van der Waals surface area contributed by atoms with Gasteiger partial charge in [0.2, 0.25) is 0 Å². The van der Waals surface area contributed by atoms with Crippen molar-refractivity contribution in [2.45, 2.75) is 6.10 Å². The normalized spacial score (nSPS) is 12.1. The molecule has 2 aromatic carbocycles. The minimum absolute atomic E-state index is 0.175. The number of halogens is 1. The maximum Gasteiger partial charge on any atom is 0.127 e. The monoisotopic (exact) mass is 248 g/mol. The van der Waals surface area contributed by atoms with Crippen molar-refractivity contribution in [3.63, 3.8) is 0 Å². The van der Waals surface area contributed by atoms with Gasteiger partial charge in [0.05, 0.1) is 12.0 Å². The molecule has 0 unspecified atom stereocenters. The van der Waals surface area contributed by atoms with Gasteiger partial charge < -0.3 is 9.84 Å². The molecule has 1 N–H and O–H groups in total. The number of rotatable bonds is 4. The van der Waals surface area contributed by atoms with Gasteiger partial charge in [0.15, 0.2) is 0 Å². The Morgan fingerprint density at radius 2 is 1.71 bits per heavy atom. The molecule has 0 amide bonds. The number of benzene rings is 2. The molecular weight excluding hydrogens is 236 g/mol. The quantitative estimate of drug-likeness (QED) is 0.835. The Kier molecular flexibility index (Phi) is 4.02. The Labute approximate surface area is 105 Å². The fourth-order valence-corrected chi connectivity index (χ4v) is 1.68. The average Bonchev–Trinajstić information content (AvgIpc) is 2.39. The maximum absolute atomic E-state index is 9.63. The van der Waals surface area contributed by atoms with Gasteiger partial charge in [0.1, 0.15) is 11.5 Å². The van der Waals surface area contributed by atoms with E-state index in [1.165, 1.54) is 0 Å². The van der Waals surface area contributed by atoms with Crippen molar-refractivity contribution in [2.75, 3.05) is 5.88 Å². The molecule has 0 aliphatic carbocycles. The van der Waals surface area contributed by atoms with Crippen LogP contribution in [0, 0.1) is 0 Å². The van der Waals surface area contributed by atoms with Crippen LogP contribution in [0.5, 0.6) is 11.5 Å². The van der Waals surface area contributed by atoms with E-state index < -0.39 is 6.10 Å². The molecule has 17 heavy (non-hydrogen) atoms. The summed E-state index contributed by atoms with van der Waals surface area (Å²) in [7, 11) is 0. The molecule has 3 heteroatoms. The third-order valence-corrected chi connectivity index (χ3v) is 2.66. The maximum atomic E-state index is 9.63. The van der Waals surface area contributed by atoms with Gasteiger partial charge in [-0.3, -0.25) is 0 Å². The molecule has 0 heterocycles. The number of ether oxygens (including phenoxy) is 1. The molecule has 2 aromatic rings. The fraction of sp³-hybridized carbons (Fsp3) is 0.143. The number of alkyl halides is 1. The SMILES string of the molecule is O[C@@H](CCl)c1cccc(Oc2ccccc2)c1. The first-order valence-electron chi connectivity index (χ1n) is 5.36. The molecule has 1 atom stereocenters. The lowest BCUT2D eigenvalue weighted by Gasteiger charge is -2.10. The third kappa shape index (κ3) is 3.22. The second kappa shape index (κ2) is 5.71. The van der Waals surface area contributed by atoms with E-state index in [0.717, 1.165) is 11.3 Å². The van der Waals surface area contributed by atoms with Crippen molar-refractivity contribution >= 4 is 11.6 Å². The Bertz CT molecular complexity index is 471. The Morgan fingerprint density at radius 1 is 1.00 bits per heavy atom. The summed E-state index contributed by atoms with van der Waals surface area (Å²) in [5.74, 6) is 1.64. The minimum atomic E-state index is -0.656. The first-order chi connectivity index (χ1) is 8.29. The van der Waals surface area contributed by atoms with Gasteiger partial charge >= 0.3 is 0 Å². The van der Waals surface area contributed by atoms with Crippen molar-refractivity contribution in [1.29, 1.82) is 0 Å². The predicted octanol–water partition coefficient (Wildman–Crippen LogP) is 3.75. The summed E-state index contributed by atoms with van der Waals surface area (Å²) in [4.78, 5) is 0. The number of hydrogen-bond donors (Lipinski definition) is 1. The molecule has 0 radical (unpaired) electrons. The van der Waals surface area contributed by atoms with Crippen LogP contribution in [0.25, 0.3) is 0 Å². The van der Waals surface area contributed by atoms with Crippen molar-refractivity contribution in [3.05, 3.63) is 60.2 Å². The van der Waals surface area contributed by atoms with E-state index in [0.29, 0.717) is 5.75 Å². The van der Waals surface area contributed by atoms with Gasteiger partial charge in [-0.05, 0) is 29.8 Å².